The van der Waals surface area contributed by atoms with Crippen molar-refractivity contribution >= 4 is 17.2 Å². The van der Waals surface area contributed by atoms with Crippen LogP contribution in [0.25, 0.3) is 0 Å². The number of amidine groups is 1. The minimum Gasteiger partial charge on any atom is -0.409 e. The number of nitrogens with one attached hydrogen (secondary N) is 1. The summed E-state index contributed by atoms with van der Waals surface area (Å²) in [5, 5.41) is 15.0. The van der Waals surface area contributed by atoms with Crippen molar-refractivity contribution in [1.29, 1.82) is 0 Å². The summed E-state index contributed by atoms with van der Waals surface area (Å²) in [5.74, 6) is 0.204. The van der Waals surface area contributed by atoms with Crippen LogP contribution in [0, 0.1) is 0 Å². The molecule has 1 atom stereocenters. The third-order valence-corrected chi connectivity index (χ3v) is 3.22. The highest BCUT2D eigenvalue weighted by Crippen LogP contribution is 2.18. The average Bonchev–Trinajstić information content (AvgIpc) is 2.46. The second-order valence-electron chi connectivity index (χ2n) is 4.35. The zero-order valence-corrected chi connectivity index (χ0v) is 11.9. The molecule has 0 aliphatic rings. The van der Waals surface area contributed by atoms with Crippen LogP contribution < -0.4 is 16.0 Å². The van der Waals surface area contributed by atoms with Gasteiger partial charge < -0.3 is 21.2 Å². The number of nitrogens with zero attached hydrogens (tertiary/aromatic N) is 2. The van der Waals surface area contributed by atoms with E-state index in [1.54, 1.807) is 0 Å². The molecule has 5 nitrogen and oxygen atoms in total. The summed E-state index contributed by atoms with van der Waals surface area (Å²) in [6.07, 6.45) is 0.758. The molecular formula is C14H24N4O. The maximum atomic E-state index is 8.71. The largest absolute Gasteiger partial charge is 0.409 e. The number of hydrogen-bond acceptors (Lipinski definition) is 4. The lowest BCUT2D eigenvalue weighted by atomic mass is 10.2. The monoisotopic (exact) mass is 264 g/mol. The van der Waals surface area contributed by atoms with E-state index in [2.05, 4.69) is 41.4 Å². The molecule has 0 aliphatic carbocycles. The van der Waals surface area contributed by atoms with Crippen molar-refractivity contribution in [2.75, 3.05) is 23.3 Å². The number of rotatable bonds is 7. The molecule has 0 saturated carbocycles. The fourth-order valence-corrected chi connectivity index (χ4v) is 2.01. The zero-order chi connectivity index (χ0) is 14.3. The standard InChI is InChI=1S/C14H24N4O/c1-4-13(14(15)17-19)16-11-7-9-12(10-8-11)18(5-2)6-3/h7-10,13,16,19H,4-6H2,1-3H3,(H2,15,17). The Bertz CT molecular complexity index is 398. The lowest BCUT2D eigenvalue weighted by Crippen LogP contribution is -2.35. The molecule has 1 rings (SSSR count). The van der Waals surface area contributed by atoms with E-state index in [9.17, 15) is 0 Å². The predicted molar refractivity (Wildman–Crippen MR) is 81.1 cm³/mol. The maximum Gasteiger partial charge on any atom is 0.161 e. The SMILES string of the molecule is CCC(Nc1ccc(N(CC)CC)cc1)C(N)=NO. The van der Waals surface area contributed by atoms with E-state index in [0.29, 0.717) is 0 Å². The molecule has 19 heavy (non-hydrogen) atoms. The van der Waals surface area contributed by atoms with Gasteiger partial charge >= 0.3 is 0 Å². The van der Waals surface area contributed by atoms with Gasteiger partial charge in [0.1, 0.15) is 0 Å². The van der Waals surface area contributed by atoms with Crippen molar-refractivity contribution in [3.8, 4) is 0 Å². The van der Waals surface area contributed by atoms with E-state index < -0.39 is 0 Å². The maximum absolute atomic E-state index is 8.71. The molecule has 4 N–H and O–H groups in total. The summed E-state index contributed by atoms with van der Waals surface area (Å²) in [4.78, 5) is 2.28. The van der Waals surface area contributed by atoms with Crippen LogP contribution in [0.4, 0.5) is 11.4 Å². The highest BCUT2D eigenvalue weighted by Gasteiger charge is 2.11. The first-order valence-corrected chi connectivity index (χ1v) is 6.75. The minimum absolute atomic E-state index is 0.149. The van der Waals surface area contributed by atoms with Crippen LogP contribution in [0.1, 0.15) is 27.2 Å². The molecule has 0 amide bonds. The van der Waals surface area contributed by atoms with Crippen molar-refractivity contribution in [1.82, 2.24) is 0 Å². The Labute approximate surface area is 115 Å². The molecule has 1 unspecified atom stereocenters. The summed E-state index contributed by atoms with van der Waals surface area (Å²) in [6.45, 7) is 8.25. The van der Waals surface area contributed by atoms with E-state index in [1.807, 2.05) is 19.1 Å². The third kappa shape index (κ3) is 4.05. The van der Waals surface area contributed by atoms with Gasteiger partial charge in [0.2, 0.25) is 0 Å². The summed E-state index contributed by atoms with van der Waals surface area (Å²) >= 11 is 0. The van der Waals surface area contributed by atoms with Gasteiger partial charge in [0.15, 0.2) is 5.84 Å². The molecule has 0 heterocycles. The first kappa shape index (κ1) is 15.1. The Morgan fingerprint density at radius 3 is 2.26 bits per heavy atom. The van der Waals surface area contributed by atoms with Crippen molar-refractivity contribution in [2.24, 2.45) is 10.9 Å². The molecule has 0 aromatic heterocycles. The number of oxime groups is 1. The quantitative estimate of drug-likeness (QED) is 0.306. The Hall–Kier alpha value is -1.91. The van der Waals surface area contributed by atoms with E-state index in [4.69, 9.17) is 10.9 Å². The molecule has 0 bridgehead atoms. The van der Waals surface area contributed by atoms with Crippen LogP contribution in [0.5, 0.6) is 0 Å². The molecular weight excluding hydrogens is 240 g/mol. The molecule has 0 fully saturated rings. The van der Waals surface area contributed by atoms with Crippen LogP contribution in [0.2, 0.25) is 0 Å². The molecule has 5 heteroatoms. The Morgan fingerprint density at radius 1 is 1.26 bits per heavy atom. The predicted octanol–water partition coefficient (Wildman–Crippen LogP) is 2.47. The van der Waals surface area contributed by atoms with Crippen LogP contribution in [-0.2, 0) is 0 Å². The summed E-state index contributed by atoms with van der Waals surface area (Å²) in [7, 11) is 0. The van der Waals surface area contributed by atoms with Crippen LogP contribution >= 0.6 is 0 Å². The van der Waals surface area contributed by atoms with E-state index >= 15 is 0 Å². The Balaban J connectivity index is 2.76. The fraction of sp³-hybridized carbons (Fsp3) is 0.500. The highest BCUT2D eigenvalue weighted by atomic mass is 16.4. The van der Waals surface area contributed by atoms with Gasteiger partial charge in [-0.2, -0.15) is 0 Å². The van der Waals surface area contributed by atoms with Gasteiger partial charge in [-0.1, -0.05) is 12.1 Å². The first-order chi connectivity index (χ1) is 9.15. The molecule has 106 valence electrons. The van der Waals surface area contributed by atoms with Gasteiger partial charge in [-0.15, -0.1) is 0 Å². The normalized spacial score (nSPS) is 13.1. The number of nitrogens with two attached hydrogens (primary N) is 1. The summed E-state index contributed by atoms with van der Waals surface area (Å²) < 4.78 is 0. The minimum atomic E-state index is -0.149. The van der Waals surface area contributed by atoms with Gasteiger partial charge in [-0.05, 0) is 44.5 Å². The van der Waals surface area contributed by atoms with Gasteiger partial charge in [0, 0.05) is 24.5 Å². The molecule has 1 aromatic rings. The molecule has 0 spiro atoms. The van der Waals surface area contributed by atoms with Crippen LogP contribution in [-0.4, -0.2) is 30.2 Å². The Morgan fingerprint density at radius 2 is 1.84 bits per heavy atom. The molecule has 0 saturated heterocycles. The smallest absolute Gasteiger partial charge is 0.161 e. The molecule has 0 radical (unpaired) electrons. The second kappa shape index (κ2) is 7.51. The average molecular weight is 264 g/mol. The number of anilines is 2. The third-order valence-electron chi connectivity index (χ3n) is 3.22. The summed E-state index contributed by atoms with van der Waals surface area (Å²) in [5.41, 5.74) is 7.79. The van der Waals surface area contributed by atoms with Crippen LogP contribution in [0.3, 0.4) is 0 Å². The number of benzene rings is 1. The fourth-order valence-electron chi connectivity index (χ4n) is 2.01. The number of hydrogen-bond donors (Lipinski definition) is 3. The van der Waals surface area contributed by atoms with Crippen LogP contribution in [0.15, 0.2) is 29.4 Å². The van der Waals surface area contributed by atoms with Gasteiger partial charge in [0.05, 0.1) is 6.04 Å². The van der Waals surface area contributed by atoms with Crippen molar-refractivity contribution < 1.29 is 5.21 Å². The summed E-state index contributed by atoms with van der Waals surface area (Å²) in [6, 6.07) is 8.04. The topological polar surface area (TPSA) is 73.9 Å². The van der Waals surface area contributed by atoms with Crippen molar-refractivity contribution in [3.63, 3.8) is 0 Å². The zero-order valence-electron chi connectivity index (χ0n) is 11.9. The van der Waals surface area contributed by atoms with Crippen molar-refractivity contribution in [2.45, 2.75) is 33.2 Å². The van der Waals surface area contributed by atoms with Gasteiger partial charge in [0.25, 0.3) is 0 Å². The van der Waals surface area contributed by atoms with E-state index in [-0.39, 0.29) is 11.9 Å². The lowest BCUT2D eigenvalue weighted by molar-refractivity contribution is 0.316. The lowest BCUT2D eigenvalue weighted by Gasteiger charge is -2.22. The van der Waals surface area contributed by atoms with E-state index in [0.717, 1.165) is 25.2 Å². The van der Waals surface area contributed by atoms with Gasteiger partial charge in [-0.3, -0.25) is 0 Å². The molecule has 1 aromatic carbocycles. The van der Waals surface area contributed by atoms with E-state index in [1.165, 1.54) is 5.69 Å². The van der Waals surface area contributed by atoms with Crippen molar-refractivity contribution in [3.05, 3.63) is 24.3 Å². The highest BCUT2D eigenvalue weighted by molar-refractivity contribution is 5.87. The Kier molecular flexibility index (Phi) is 5.99. The van der Waals surface area contributed by atoms with Gasteiger partial charge in [-0.25, -0.2) is 0 Å². The second-order valence-corrected chi connectivity index (χ2v) is 4.35. The first-order valence-electron chi connectivity index (χ1n) is 6.75. The molecule has 0 aliphatic heterocycles.